The van der Waals surface area contributed by atoms with E-state index in [0.717, 1.165) is 0 Å². The Hall–Kier alpha value is -0.0151. The Morgan fingerprint density at radius 3 is 2.69 bits per heavy atom. The van der Waals surface area contributed by atoms with Gasteiger partial charge in [0.2, 0.25) is 0 Å². The van der Waals surface area contributed by atoms with E-state index in [9.17, 15) is 13.0 Å². The molecule has 0 aromatic carbocycles. The average Bonchev–Trinajstić information content (AvgIpc) is 1.96. The molecule has 0 amide bonds. The molecule has 0 aromatic heterocycles. The monoisotopic (exact) mass is 223 g/mol. The van der Waals surface area contributed by atoms with Crippen LogP contribution in [-0.4, -0.2) is 28.2 Å². The summed E-state index contributed by atoms with van der Waals surface area (Å²) in [5.41, 5.74) is 0.439. The molecule has 13 heavy (non-hydrogen) atoms. The molecule has 75 valence electrons. The van der Waals surface area contributed by atoms with Crippen LogP contribution in [0.2, 0.25) is 0 Å². The molecule has 0 aromatic rings. The molecule has 0 saturated carbocycles. The first-order valence-corrected chi connectivity index (χ1v) is 5.28. The van der Waals surface area contributed by atoms with Crippen LogP contribution < -0.4 is 0 Å². The minimum absolute atomic E-state index is 0.216. The molecule has 0 rings (SSSR count). The maximum absolute atomic E-state index is 10.3. The molecule has 1 radical (unpaired) electrons. The SMILES string of the molecule is [B]=[S-](=O)OCC(OS(=O)[O-])C(=C)C. The molecule has 0 fully saturated rings. The summed E-state index contributed by atoms with van der Waals surface area (Å²) in [7, 11) is -1.94. The fourth-order valence-electron chi connectivity index (χ4n) is 0.476. The normalized spacial score (nSPS) is 15.5. The molecule has 0 aliphatic heterocycles. The van der Waals surface area contributed by atoms with E-state index in [2.05, 4.69) is 14.9 Å². The standard InChI is InChI=1S/C5H9BO5S2/c1-4(2)5(11-13(8)9)3-10-12(6)7/h5H,1,3H2,2H3,(H,8,9)/q-1/p-1. The van der Waals surface area contributed by atoms with E-state index < -0.39 is 28.0 Å². The third-order valence-electron chi connectivity index (χ3n) is 1.08. The Morgan fingerprint density at radius 1 is 1.85 bits per heavy atom. The van der Waals surface area contributed by atoms with Crippen molar-refractivity contribution < 1.29 is 21.3 Å². The Balaban J connectivity index is 4.10. The van der Waals surface area contributed by atoms with Crippen LogP contribution in [0.5, 0.6) is 0 Å². The van der Waals surface area contributed by atoms with Gasteiger partial charge in [0, 0.05) is 0 Å². The Labute approximate surface area is 82.1 Å². The van der Waals surface area contributed by atoms with E-state index in [4.69, 9.17) is 6.72 Å². The van der Waals surface area contributed by atoms with Gasteiger partial charge in [-0.1, -0.05) is 0 Å². The van der Waals surface area contributed by atoms with E-state index in [1.165, 1.54) is 0 Å². The first kappa shape index (κ1) is 13.0. The van der Waals surface area contributed by atoms with Crippen molar-refractivity contribution in [3.05, 3.63) is 12.2 Å². The second-order valence-electron chi connectivity index (χ2n) is 2.18. The van der Waals surface area contributed by atoms with Crippen molar-refractivity contribution in [2.45, 2.75) is 13.0 Å². The van der Waals surface area contributed by atoms with E-state index in [-0.39, 0.29) is 6.61 Å². The summed E-state index contributed by atoms with van der Waals surface area (Å²) in [6.45, 7) is 9.59. The molecule has 0 aliphatic carbocycles. The predicted octanol–water partition coefficient (Wildman–Crippen LogP) is -0.279. The van der Waals surface area contributed by atoms with Gasteiger partial charge < -0.3 is 0 Å². The first-order chi connectivity index (χ1) is 5.93. The fourth-order valence-corrected chi connectivity index (χ4v) is 1.14. The molecule has 0 saturated heterocycles. The Morgan fingerprint density at radius 2 is 2.38 bits per heavy atom. The van der Waals surface area contributed by atoms with Gasteiger partial charge in [-0.25, -0.2) is 0 Å². The maximum atomic E-state index is 10.3. The Kier molecular flexibility index (Phi) is 6.43. The zero-order valence-corrected chi connectivity index (χ0v) is 8.56. The summed E-state index contributed by atoms with van der Waals surface area (Å²) in [4.78, 5) is 0. The molecule has 0 aliphatic rings. The van der Waals surface area contributed by atoms with Crippen molar-refractivity contribution >= 4 is 28.6 Å². The molecule has 0 N–H and O–H groups in total. The molecule has 0 spiro atoms. The van der Waals surface area contributed by atoms with E-state index in [1.807, 2.05) is 0 Å². The van der Waals surface area contributed by atoms with Crippen LogP contribution in [0.3, 0.4) is 0 Å². The number of hydrogen-bond donors (Lipinski definition) is 0. The van der Waals surface area contributed by atoms with Crippen molar-refractivity contribution in [2.24, 2.45) is 0 Å². The van der Waals surface area contributed by atoms with E-state index >= 15 is 0 Å². The molecule has 0 heterocycles. The molecule has 2 unspecified atom stereocenters. The molecule has 0 bridgehead atoms. The van der Waals surface area contributed by atoms with Gasteiger partial charge in [0.15, 0.2) is 0 Å². The quantitative estimate of drug-likeness (QED) is 0.268. The second-order valence-corrected chi connectivity index (χ2v) is 3.54. The van der Waals surface area contributed by atoms with E-state index in [0.29, 0.717) is 5.57 Å². The minimum atomic E-state index is -2.66. The van der Waals surface area contributed by atoms with Crippen LogP contribution in [0.4, 0.5) is 0 Å². The van der Waals surface area contributed by atoms with Crippen LogP contribution in [0.25, 0.3) is 0 Å². The van der Waals surface area contributed by atoms with Gasteiger partial charge in [-0.3, -0.25) is 0 Å². The average molecular weight is 223 g/mol. The van der Waals surface area contributed by atoms with Crippen LogP contribution >= 0.6 is 0 Å². The summed E-state index contributed by atoms with van der Waals surface area (Å²) in [6, 6.07) is 0. The summed E-state index contributed by atoms with van der Waals surface area (Å²) < 4.78 is 39.4. The first-order valence-electron chi connectivity index (χ1n) is 3.14. The van der Waals surface area contributed by atoms with Gasteiger partial charge in [-0.15, -0.1) is 0 Å². The van der Waals surface area contributed by atoms with Gasteiger partial charge in [-0.2, -0.15) is 0 Å². The molecule has 8 heteroatoms. The van der Waals surface area contributed by atoms with Crippen molar-refractivity contribution in [3.63, 3.8) is 0 Å². The zero-order chi connectivity index (χ0) is 10.4. The third-order valence-corrected chi connectivity index (χ3v) is 1.84. The van der Waals surface area contributed by atoms with Crippen LogP contribution in [0.15, 0.2) is 12.2 Å². The van der Waals surface area contributed by atoms with Gasteiger partial charge >= 0.3 is 81.7 Å². The molecule has 5 nitrogen and oxygen atoms in total. The number of rotatable bonds is 6. The van der Waals surface area contributed by atoms with E-state index in [1.54, 1.807) is 6.92 Å². The zero-order valence-electron chi connectivity index (χ0n) is 6.93. The van der Waals surface area contributed by atoms with Gasteiger partial charge in [0.1, 0.15) is 0 Å². The fraction of sp³-hybridized carbons (Fsp3) is 0.600. The van der Waals surface area contributed by atoms with Gasteiger partial charge in [0.25, 0.3) is 0 Å². The van der Waals surface area contributed by atoms with Crippen molar-refractivity contribution in [2.75, 3.05) is 6.61 Å². The van der Waals surface area contributed by atoms with Crippen molar-refractivity contribution in [3.8, 4) is 0 Å². The summed E-state index contributed by atoms with van der Waals surface area (Å²) >= 11 is -2.66. The van der Waals surface area contributed by atoms with Crippen LogP contribution in [0.1, 0.15) is 6.92 Å². The molecular formula is C5H8BO5S2-2. The topological polar surface area (TPSA) is 75.7 Å². The van der Waals surface area contributed by atoms with Crippen molar-refractivity contribution in [1.82, 2.24) is 0 Å². The van der Waals surface area contributed by atoms with Crippen LogP contribution in [0, 0.1) is 0 Å². The van der Waals surface area contributed by atoms with Crippen LogP contribution in [-0.2, 0) is 34.4 Å². The summed E-state index contributed by atoms with van der Waals surface area (Å²) in [5.74, 6) is 0. The predicted molar refractivity (Wildman–Crippen MR) is 48.4 cm³/mol. The van der Waals surface area contributed by atoms with Crippen molar-refractivity contribution in [1.29, 1.82) is 0 Å². The molecule has 2 atom stereocenters. The summed E-state index contributed by atoms with van der Waals surface area (Å²) in [5, 5.41) is 0. The van der Waals surface area contributed by atoms with Gasteiger partial charge in [0.05, 0.1) is 0 Å². The summed E-state index contributed by atoms with van der Waals surface area (Å²) in [6.07, 6.45) is -0.856. The molecular weight excluding hydrogens is 215 g/mol. The third kappa shape index (κ3) is 7.09. The number of hydrogen-bond acceptors (Lipinski definition) is 6. The Bertz CT molecular complexity index is 266. The second kappa shape index (κ2) is 6.44. The van der Waals surface area contributed by atoms with Gasteiger partial charge in [-0.05, 0) is 0 Å².